The number of ether oxygens (including phenoxy) is 1. The van der Waals surface area contributed by atoms with E-state index in [1.807, 2.05) is 0 Å². The van der Waals surface area contributed by atoms with Gasteiger partial charge in [0.2, 0.25) is 3.79 Å². The summed E-state index contributed by atoms with van der Waals surface area (Å²) in [5, 5.41) is 0.695. The molecule has 6 heteroatoms. The van der Waals surface area contributed by atoms with Crippen molar-refractivity contribution >= 4 is 51.7 Å². The standard InChI is InChI=1S/C12H10Cl3NO2/c1-2-18-11(17)10-6-7-8(12(13,14)15)4-3-5-9(7)16-10/h3-6,16H,2H2,1H3. The molecule has 0 saturated heterocycles. The number of halogens is 3. The number of carbonyl (C=O) groups is 1. The molecule has 3 nitrogen and oxygen atoms in total. The predicted molar refractivity (Wildman–Crippen MR) is 73.5 cm³/mol. The molecule has 0 spiro atoms. The third-order valence-electron chi connectivity index (χ3n) is 2.46. The van der Waals surface area contributed by atoms with E-state index in [2.05, 4.69) is 4.98 Å². The quantitative estimate of drug-likeness (QED) is 0.668. The minimum absolute atomic E-state index is 0.311. The second kappa shape index (κ2) is 5.00. The first-order chi connectivity index (χ1) is 8.43. The Labute approximate surface area is 119 Å². The van der Waals surface area contributed by atoms with E-state index in [0.29, 0.717) is 23.3 Å². The maximum atomic E-state index is 11.6. The molecule has 0 atom stereocenters. The molecule has 0 radical (unpaired) electrons. The van der Waals surface area contributed by atoms with Crippen LogP contribution in [0.5, 0.6) is 0 Å². The molecule has 1 aromatic heterocycles. The number of hydrogen-bond donors (Lipinski definition) is 1. The predicted octanol–water partition coefficient (Wildman–Crippen LogP) is 4.17. The Morgan fingerprint density at radius 2 is 2.11 bits per heavy atom. The van der Waals surface area contributed by atoms with Gasteiger partial charge in [-0.3, -0.25) is 0 Å². The molecular formula is C12H10Cl3NO2. The van der Waals surface area contributed by atoms with Crippen molar-refractivity contribution < 1.29 is 9.53 Å². The van der Waals surface area contributed by atoms with E-state index in [4.69, 9.17) is 39.5 Å². The van der Waals surface area contributed by atoms with E-state index in [-0.39, 0.29) is 0 Å². The van der Waals surface area contributed by atoms with Crippen LogP contribution < -0.4 is 0 Å². The number of fused-ring (bicyclic) bond motifs is 1. The van der Waals surface area contributed by atoms with Gasteiger partial charge >= 0.3 is 5.97 Å². The summed E-state index contributed by atoms with van der Waals surface area (Å²) in [4.78, 5) is 14.6. The summed E-state index contributed by atoms with van der Waals surface area (Å²) >= 11 is 17.7. The number of rotatable bonds is 2. The largest absolute Gasteiger partial charge is 0.461 e. The van der Waals surface area contributed by atoms with Gasteiger partial charge < -0.3 is 9.72 Å². The second-order valence-corrected chi connectivity index (χ2v) is 5.95. The van der Waals surface area contributed by atoms with Gasteiger partial charge in [-0.1, -0.05) is 46.9 Å². The number of alkyl halides is 3. The third-order valence-corrected chi connectivity index (χ3v) is 3.08. The summed E-state index contributed by atoms with van der Waals surface area (Å²) in [7, 11) is 0. The number of esters is 1. The van der Waals surface area contributed by atoms with Gasteiger partial charge in [-0.05, 0) is 19.1 Å². The zero-order valence-electron chi connectivity index (χ0n) is 9.47. The van der Waals surface area contributed by atoms with Gasteiger partial charge in [-0.2, -0.15) is 0 Å². The van der Waals surface area contributed by atoms with Gasteiger partial charge in [0, 0.05) is 16.5 Å². The molecule has 0 amide bonds. The Morgan fingerprint density at radius 3 is 2.72 bits per heavy atom. The molecule has 1 N–H and O–H groups in total. The molecule has 1 heterocycles. The van der Waals surface area contributed by atoms with Crippen molar-refractivity contribution in [2.75, 3.05) is 6.61 Å². The molecule has 0 fully saturated rings. The SMILES string of the molecule is CCOC(=O)c1cc2c(C(Cl)(Cl)Cl)cccc2[nH]1. The van der Waals surface area contributed by atoms with E-state index in [0.717, 1.165) is 5.52 Å². The lowest BCUT2D eigenvalue weighted by Crippen LogP contribution is -2.04. The molecular weight excluding hydrogens is 296 g/mol. The molecule has 0 bridgehead atoms. The monoisotopic (exact) mass is 305 g/mol. The summed E-state index contributed by atoms with van der Waals surface area (Å²) in [5.74, 6) is -0.427. The molecule has 0 aliphatic rings. The molecule has 1 aromatic carbocycles. The number of benzene rings is 1. The second-order valence-electron chi connectivity index (χ2n) is 3.67. The molecule has 96 valence electrons. The van der Waals surface area contributed by atoms with Gasteiger partial charge in [0.15, 0.2) is 0 Å². The number of carbonyl (C=O) groups excluding carboxylic acids is 1. The van der Waals surface area contributed by atoms with Crippen LogP contribution in [0.2, 0.25) is 0 Å². The molecule has 0 saturated carbocycles. The summed E-state index contributed by atoms with van der Waals surface area (Å²) < 4.78 is 3.38. The van der Waals surface area contributed by atoms with Crippen molar-refractivity contribution in [1.29, 1.82) is 0 Å². The van der Waals surface area contributed by atoms with Crippen LogP contribution in [-0.4, -0.2) is 17.6 Å². The van der Waals surface area contributed by atoms with Crippen LogP contribution in [0.25, 0.3) is 10.9 Å². The Bertz CT molecular complexity index is 587. The van der Waals surface area contributed by atoms with Crippen LogP contribution in [0.1, 0.15) is 23.0 Å². The fourth-order valence-corrected chi connectivity index (χ4v) is 2.22. The van der Waals surface area contributed by atoms with Crippen LogP contribution in [0.15, 0.2) is 24.3 Å². The minimum atomic E-state index is -1.53. The highest BCUT2D eigenvalue weighted by Crippen LogP contribution is 2.41. The summed E-state index contributed by atoms with van der Waals surface area (Å²) in [5.41, 5.74) is 1.59. The summed E-state index contributed by atoms with van der Waals surface area (Å²) in [6, 6.07) is 6.89. The lowest BCUT2D eigenvalue weighted by atomic mass is 10.1. The minimum Gasteiger partial charge on any atom is -0.461 e. The molecule has 2 rings (SSSR count). The van der Waals surface area contributed by atoms with Crippen molar-refractivity contribution in [2.45, 2.75) is 10.7 Å². The first kappa shape index (κ1) is 13.5. The van der Waals surface area contributed by atoms with Crippen LogP contribution in [0.4, 0.5) is 0 Å². The molecule has 18 heavy (non-hydrogen) atoms. The zero-order valence-corrected chi connectivity index (χ0v) is 11.7. The van der Waals surface area contributed by atoms with Crippen LogP contribution in [0, 0.1) is 0 Å². The highest BCUT2D eigenvalue weighted by atomic mass is 35.6. The van der Waals surface area contributed by atoms with E-state index in [1.165, 1.54) is 0 Å². The molecule has 0 aliphatic heterocycles. The maximum absolute atomic E-state index is 11.6. The number of nitrogens with one attached hydrogen (secondary N) is 1. The molecule has 0 aliphatic carbocycles. The number of aromatic nitrogens is 1. The fourth-order valence-electron chi connectivity index (χ4n) is 1.72. The van der Waals surface area contributed by atoms with Gasteiger partial charge in [-0.15, -0.1) is 0 Å². The van der Waals surface area contributed by atoms with E-state index >= 15 is 0 Å². The van der Waals surface area contributed by atoms with Gasteiger partial charge in [-0.25, -0.2) is 4.79 Å². The van der Waals surface area contributed by atoms with Crippen LogP contribution in [-0.2, 0) is 8.53 Å². The van der Waals surface area contributed by atoms with Gasteiger partial charge in [0.05, 0.1) is 6.61 Å². The highest BCUT2D eigenvalue weighted by molar-refractivity contribution is 6.67. The van der Waals surface area contributed by atoms with Gasteiger partial charge in [0.25, 0.3) is 0 Å². The fraction of sp³-hybridized carbons (Fsp3) is 0.250. The van der Waals surface area contributed by atoms with Crippen molar-refractivity contribution in [3.63, 3.8) is 0 Å². The number of H-pyrrole nitrogens is 1. The van der Waals surface area contributed by atoms with E-state index < -0.39 is 9.76 Å². The Balaban J connectivity index is 2.55. The van der Waals surface area contributed by atoms with Crippen molar-refractivity contribution in [1.82, 2.24) is 4.98 Å². The van der Waals surface area contributed by atoms with Crippen LogP contribution >= 0.6 is 34.8 Å². The molecule has 0 unspecified atom stereocenters. The first-order valence-electron chi connectivity index (χ1n) is 5.29. The summed E-state index contributed by atoms with van der Waals surface area (Å²) in [6.07, 6.45) is 0. The summed E-state index contributed by atoms with van der Waals surface area (Å²) in [6.45, 7) is 2.05. The normalized spacial score (nSPS) is 11.8. The van der Waals surface area contributed by atoms with Crippen molar-refractivity contribution in [3.8, 4) is 0 Å². The lowest BCUT2D eigenvalue weighted by molar-refractivity contribution is 0.0520. The van der Waals surface area contributed by atoms with Crippen molar-refractivity contribution in [2.24, 2.45) is 0 Å². The van der Waals surface area contributed by atoms with Crippen molar-refractivity contribution in [3.05, 3.63) is 35.5 Å². The third kappa shape index (κ3) is 2.58. The van der Waals surface area contributed by atoms with E-state index in [1.54, 1.807) is 31.2 Å². The van der Waals surface area contributed by atoms with Crippen LogP contribution in [0.3, 0.4) is 0 Å². The smallest absolute Gasteiger partial charge is 0.354 e. The average molecular weight is 307 g/mol. The number of aromatic amines is 1. The number of hydrogen-bond acceptors (Lipinski definition) is 2. The van der Waals surface area contributed by atoms with E-state index in [9.17, 15) is 4.79 Å². The average Bonchev–Trinajstić information content (AvgIpc) is 2.71. The maximum Gasteiger partial charge on any atom is 0.354 e. The van der Waals surface area contributed by atoms with Gasteiger partial charge in [0.1, 0.15) is 5.69 Å². The molecule has 2 aromatic rings. The Morgan fingerprint density at radius 1 is 1.39 bits per heavy atom. The Kier molecular flexibility index (Phi) is 3.76. The highest BCUT2D eigenvalue weighted by Gasteiger charge is 2.26. The first-order valence-corrected chi connectivity index (χ1v) is 6.43. The topological polar surface area (TPSA) is 42.1 Å². The Hall–Kier alpha value is -0.900. The zero-order chi connectivity index (χ0) is 13.3. The lowest BCUT2D eigenvalue weighted by Gasteiger charge is -2.11.